The standard InChI is InChI=1S/C17H21N5O3/c23-15(21-10-7-18-16(21)24)11-20-8-5-12(6-9-20)22-14-4-2-1-3-13(14)19-17(22)25/h1-4,12H,5-11H2,(H,18,24)(H,19,25). The summed E-state index contributed by atoms with van der Waals surface area (Å²) in [4.78, 5) is 42.3. The first-order valence-electron chi connectivity index (χ1n) is 8.63. The van der Waals surface area contributed by atoms with Crippen molar-refractivity contribution in [2.75, 3.05) is 32.7 Å². The molecule has 3 amide bonds. The van der Waals surface area contributed by atoms with E-state index in [4.69, 9.17) is 0 Å². The summed E-state index contributed by atoms with van der Waals surface area (Å²) in [6.07, 6.45) is 1.61. The second-order valence-corrected chi connectivity index (χ2v) is 6.60. The average molecular weight is 343 g/mol. The number of piperidine rings is 1. The minimum atomic E-state index is -0.301. The van der Waals surface area contributed by atoms with Gasteiger partial charge in [-0.1, -0.05) is 12.1 Å². The quantitative estimate of drug-likeness (QED) is 0.850. The van der Waals surface area contributed by atoms with Gasteiger partial charge in [0.05, 0.1) is 17.6 Å². The van der Waals surface area contributed by atoms with Crippen LogP contribution in [-0.2, 0) is 4.79 Å². The highest BCUT2D eigenvalue weighted by Crippen LogP contribution is 2.24. The van der Waals surface area contributed by atoms with E-state index < -0.39 is 0 Å². The van der Waals surface area contributed by atoms with Crippen LogP contribution < -0.4 is 11.0 Å². The Balaban J connectivity index is 1.41. The van der Waals surface area contributed by atoms with Crippen molar-refractivity contribution >= 4 is 23.0 Å². The van der Waals surface area contributed by atoms with Crippen LogP contribution in [0.25, 0.3) is 11.0 Å². The molecule has 25 heavy (non-hydrogen) atoms. The van der Waals surface area contributed by atoms with Crippen molar-refractivity contribution in [1.29, 1.82) is 0 Å². The number of imide groups is 1. The Kier molecular flexibility index (Phi) is 4.04. The second-order valence-electron chi connectivity index (χ2n) is 6.60. The number of imidazole rings is 1. The van der Waals surface area contributed by atoms with Crippen molar-refractivity contribution in [1.82, 2.24) is 24.7 Å². The molecule has 3 heterocycles. The lowest BCUT2D eigenvalue weighted by Crippen LogP contribution is -2.45. The van der Waals surface area contributed by atoms with E-state index in [9.17, 15) is 14.4 Å². The molecule has 2 N–H and O–H groups in total. The summed E-state index contributed by atoms with van der Waals surface area (Å²) in [5.41, 5.74) is 1.70. The molecule has 2 aliphatic heterocycles. The number of H-pyrrole nitrogens is 1. The third-order valence-corrected chi connectivity index (χ3v) is 5.06. The topological polar surface area (TPSA) is 90.4 Å². The van der Waals surface area contributed by atoms with E-state index in [1.54, 1.807) is 0 Å². The highest BCUT2D eigenvalue weighted by molar-refractivity contribution is 5.96. The van der Waals surface area contributed by atoms with E-state index >= 15 is 0 Å². The zero-order valence-electron chi connectivity index (χ0n) is 13.9. The summed E-state index contributed by atoms with van der Waals surface area (Å²) < 4.78 is 1.84. The van der Waals surface area contributed by atoms with Gasteiger partial charge in [0.2, 0.25) is 5.91 Å². The van der Waals surface area contributed by atoms with Crippen LogP contribution in [0.5, 0.6) is 0 Å². The van der Waals surface area contributed by atoms with E-state index in [1.165, 1.54) is 4.90 Å². The number of nitrogens with zero attached hydrogens (tertiary/aromatic N) is 3. The number of rotatable bonds is 3. The third-order valence-electron chi connectivity index (χ3n) is 5.06. The molecule has 0 bridgehead atoms. The predicted octanol–water partition coefficient (Wildman–Crippen LogP) is 0.518. The largest absolute Gasteiger partial charge is 0.336 e. The molecular weight excluding hydrogens is 322 g/mol. The summed E-state index contributed by atoms with van der Waals surface area (Å²) in [5, 5.41) is 2.64. The number of amides is 3. The lowest BCUT2D eigenvalue weighted by atomic mass is 10.0. The van der Waals surface area contributed by atoms with Gasteiger partial charge in [-0.2, -0.15) is 0 Å². The second kappa shape index (κ2) is 6.36. The zero-order chi connectivity index (χ0) is 17.4. The molecule has 1 aromatic carbocycles. The van der Waals surface area contributed by atoms with Gasteiger partial charge in [-0.05, 0) is 25.0 Å². The first-order chi connectivity index (χ1) is 12.1. The number of urea groups is 1. The molecule has 2 aromatic rings. The van der Waals surface area contributed by atoms with E-state index in [0.717, 1.165) is 37.0 Å². The van der Waals surface area contributed by atoms with Crippen LogP contribution in [0, 0.1) is 0 Å². The van der Waals surface area contributed by atoms with Crippen molar-refractivity contribution in [2.45, 2.75) is 18.9 Å². The van der Waals surface area contributed by atoms with E-state index in [0.29, 0.717) is 13.1 Å². The van der Waals surface area contributed by atoms with Gasteiger partial charge in [0, 0.05) is 32.2 Å². The molecule has 8 heteroatoms. The highest BCUT2D eigenvalue weighted by Gasteiger charge is 2.29. The number of carbonyl (C=O) groups excluding carboxylic acids is 2. The minimum Gasteiger partial charge on any atom is -0.336 e. The number of hydrogen-bond acceptors (Lipinski definition) is 4. The number of likely N-dealkylation sites (tertiary alicyclic amines) is 1. The van der Waals surface area contributed by atoms with Crippen LogP contribution in [0.2, 0.25) is 0 Å². The van der Waals surface area contributed by atoms with Gasteiger partial charge in [0.25, 0.3) is 0 Å². The molecule has 2 aliphatic rings. The highest BCUT2D eigenvalue weighted by atomic mass is 16.2. The normalized spacial score (nSPS) is 19.5. The maximum atomic E-state index is 12.3. The minimum absolute atomic E-state index is 0.0792. The molecule has 2 fully saturated rings. The molecule has 1 aromatic heterocycles. The van der Waals surface area contributed by atoms with Gasteiger partial charge in [-0.15, -0.1) is 0 Å². The summed E-state index contributed by atoms with van der Waals surface area (Å²) in [6.45, 7) is 2.69. The SMILES string of the molecule is O=C(CN1CCC(n2c(=O)[nH]c3ccccc32)CC1)N1CCNC1=O. The molecule has 8 nitrogen and oxygen atoms in total. The van der Waals surface area contributed by atoms with Gasteiger partial charge in [0.15, 0.2) is 0 Å². The van der Waals surface area contributed by atoms with Gasteiger partial charge in [0.1, 0.15) is 0 Å². The molecule has 2 saturated heterocycles. The lowest BCUT2D eigenvalue weighted by molar-refractivity contribution is -0.129. The number of benzene rings is 1. The summed E-state index contributed by atoms with van der Waals surface area (Å²) in [5.74, 6) is -0.155. The molecular formula is C17H21N5O3. The molecule has 0 aliphatic carbocycles. The zero-order valence-corrected chi connectivity index (χ0v) is 13.9. The van der Waals surface area contributed by atoms with E-state index in [-0.39, 0.29) is 30.2 Å². The fourth-order valence-electron chi connectivity index (χ4n) is 3.76. The summed E-state index contributed by atoms with van der Waals surface area (Å²) in [6, 6.07) is 7.53. The molecule has 0 radical (unpaired) electrons. The number of aromatic amines is 1. The van der Waals surface area contributed by atoms with Crippen molar-refractivity contribution in [3.05, 3.63) is 34.7 Å². The summed E-state index contributed by atoms with van der Waals surface area (Å²) >= 11 is 0. The van der Waals surface area contributed by atoms with Gasteiger partial charge < -0.3 is 10.3 Å². The van der Waals surface area contributed by atoms with Crippen LogP contribution in [-0.4, -0.2) is 64.0 Å². The number of hydrogen-bond donors (Lipinski definition) is 2. The fourth-order valence-corrected chi connectivity index (χ4v) is 3.76. The first-order valence-corrected chi connectivity index (χ1v) is 8.63. The van der Waals surface area contributed by atoms with E-state index in [2.05, 4.69) is 15.2 Å². The third kappa shape index (κ3) is 2.93. The van der Waals surface area contributed by atoms with Crippen molar-refractivity contribution in [3.63, 3.8) is 0 Å². The van der Waals surface area contributed by atoms with Crippen LogP contribution in [0.1, 0.15) is 18.9 Å². The Morgan fingerprint density at radius 1 is 1.12 bits per heavy atom. The maximum Gasteiger partial charge on any atom is 0.326 e. The van der Waals surface area contributed by atoms with Crippen molar-refractivity contribution in [2.24, 2.45) is 0 Å². The molecule has 0 spiro atoms. The van der Waals surface area contributed by atoms with Gasteiger partial charge in [-0.25, -0.2) is 9.59 Å². The molecule has 4 rings (SSSR count). The number of para-hydroxylation sites is 2. The van der Waals surface area contributed by atoms with Gasteiger partial charge >= 0.3 is 11.7 Å². The fraction of sp³-hybridized carbons (Fsp3) is 0.471. The monoisotopic (exact) mass is 343 g/mol. The number of carbonyl (C=O) groups is 2. The smallest absolute Gasteiger partial charge is 0.326 e. The molecule has 0 saturated carbocycles. The number of nitrogens with one attached hydrogen (secondary N) is 2. The summed E-state index contributed by atoms with van der Waals surface area (Å²) in [7, 11) is 0. The van der Waals surface area contributed by atoms with Crippen LogP contribution >= 0.6 is 0 Å². The Labute approximate surface area is 144 Å². The average Bonchev–Trinajstić information content (AvgIpc) is 3.18. The Morgan fingerprint density at radius 2 is 1.88 bits per heavy atom. The van der Waals surface area contributed by atoms with Crippen LogP contribution in [0.3, 0.4) is 0 Å². The number of fused-ring (bicyclic) bond motifs is 1. The lowest BCUT2D eigenvalue weighted by Gasteiger charge is -2.32. The van der Waals surface area contributed by atoms with Crippen molar-refractivity contribution < 1.29 is 9.59 Å². The van der Waals surface area contributed by atoms with Crippen LogP contribution in [0.15, 0.2) is 29.1 Å². The Morgan fingerprint density at radius 3 is 2.60 bits per heavy atom. The van der Waals surface area contributed by atoms with Crippen LogP contribution in [0.4, 0.5) is 4.79 Å². The maximum absolute atomic E-state index is 12.3. The first kappa shape index (κ1) is 15.9. The number of aromatic nitrogens is 2. The molecule has 0 unspecified atom stereocenters. The molecule has 0 atom stereocenters. The Hall–Kier alpha value is -2.61. The predicted molar refractivity (Wildman–Crippen MR) is 92.4 cm³/mol. The Bertz CT molecular complexity index is 863. The van der Waals surface area contributed by atoms with Gasteiger partial charge in [-0.3, -0.25) is 19.2 Å². The van der Waals surface area contributed by atoms with Crippen molar-refractivity contribution in [3.8, 4) is 0 Å². The molecule has 132 valence electrons. The van der Waals surface area contributed by atoms with E-state index in [1.807, 2.05) is 28.8 Å².